The van der Waals surface area contributed by atoms with Crippen LogP contribution in [0.3, 0.4) is 0 Å². The molecule has 128 valence electrons. The van der Waals surface area contributed by atoms with E-state index < -0.39 is 0 Å². The molecule has 5 nitrogen and oxygen atoms in total. The summed E-state index contributed by atoms with van der Waals surface area (Å²) in [6, 6.07) is 2.38. The lowest BCUT2D eigenvalue weighted by Gasteiger charge is -2.29. The van der Waals surface area contributed by atoms with Gasteiger partial charge in [0.15, 0.2) is 5.65 Å². The van der Waals surface area contributed by atoms with Gasteiger partial charge in [-0.05, 0) is 51.5 Å². The smallest absolute Gasteiger partial charge is 0.254 e. The van der Waals surface area contributed by atoms with Gasteiger partial charge in [0.05, 0.1) is 16.6 Å². The van der Waals surface area contributed by atoms with E-state index in [0.29, 0.717) is 12.0 Å². The predicted octanol–water partition coefficient (Wildman–Crippen LogP) is 3.38. The van der Waals surface area contributed by atoms with E-state index in [1.807, 2.05) is 27.0 Å². The second kappa shape index (κ2) is 5.87. The van der Waals surface area contributed by atoms with Crippen molar-refractivity contribution < 1.29 is 4.79 Å². The zero-order chi connectivity index (χ0) is 16.8. The van der Waals surface area contributed by atoms with Crippen LogP contribution in [0.5, 0.6) is 0 Å². The van der Waals surface area contributed by atoms with Crippen LogP contribution in [-0.2, 0) is 7.05 Å². The molecule has 0 radical (unpaired) electrons. The van der Waals surface area contributed by atoms with Gasteiger partial charge in [-0.1, -0.05) is 12.8 Å². The number of likely N-dealkylation sites (tertiary alicyclic amines) is 1. The van der Waals surface area contributed by atoms with Gasteiger partial charge in [0, 0.05) is 25.3 Å². The number of carbonyl (C=O) groups excluding carboxylic acids is 1. The molecule has 1 amide bonds. The van der Waals surface area contributed by atoms with E-state index in [-0.39, 0.29) is 5.91 Å². The molecule has 0 bridgehead atoms. The zero-order valence-corrected chi connectivity index (χ0v) is 14.9. The molecule has 4 rings (SSSR count). The molecule has 0 aromatic carbocycles. The average molecular weight is 326 g/mol. The summed E-state index contributed by atoms with van der Waals surface area (Å²) in [7, 11) is 1.90. The van der Waals surface area contributed by atoms with Crippen molar-refractivity contribution >= 4 is 16.9 Å². The summed E-state index contributed by atoms with van der Waals surface area (Å²) in [5, 5.41) is 5.40. The van der Waals surface area contributed by atoms with Crippen LogP contribution >= 0.6 is 0 Å². The normalized spacial score (nSPS) is 22.0. The van der Waals surface area contributed by atoms with Crippen LogP contribution in [-0.4, -0.2) is 38.2 Å². The molecule has 3 heterocycles. The summed E-state index contributed by atoms with van der Waals surface area (Å²) < 4.78 is 1.78. The summed E-state index contributed by atoms with van der Waals surface area (Å²) in [5.74, 6) is 0.876. The molecule has 24 heavy (non-hydrogen) atoms. The SMILES string of the molecule is Cc1cc(C(=O)N2CCC[C@@H]2C2CCCC2)c2c(C)nn(C)c2n1. The number of rotatable bonds is 2. The largest absolute Gasteiger partial charge is 0.335 e. The van der Waals surface area contributed by atoms with Crippen molar-refractivity contribution in [2.24, 2.45) is 13.0 Å². The number of nitrogens with zero attached hydrogens (tertiary/aromatic N) is 4. The number of aryl methyl sites for hydroxylation is 3. The Kier molecular flexibility index (Phi) is 3.82. The Morgan fingerprint density at radius 3 is 2.67 bits per heavy atom. The minimum Gasteiger partial charge on any atom is -0.335 e. The van der Waals surface area contributed by atoms with E-state index >= 15 is 0 Å². The molecular weight excluding hydrogens is 300 g/mol. The van der Waals surface area contributed by atoms with Crippen molar-refractivity contribution in [1.82, 2.24) is 19.7 Å². The Morgan fingerprint density at radius 2 is 1.92 bits per heavy atom. The average Bonchev–Trinajstić information content (AvgIpc) is 3.27. The second-order valence-corrected chi connectivity index (χ2v) is 7.47. The number of pyridine rings is 1. The first kappa shape index (κ1) is 15.6. The summed E-state index contributed by atoms with van der Waals surface area (Å²) in [6.07, 6.45) is 7.51. The Labute approximate surface area is 143 Å². The Bertz CT molecular complexity index is 788. The highest BCUT2D eigenvalue weighted by Gasteiger charge is 2.37. The number of hydrogen-bond acceptors (Lipinski definition) is 3. The summed E-state index contributed by atoms with van der Waals surface area (Å²) in [5.41, 5.74) is 3.37. The maximum absolute atomic E-state index is 13.4. The van der Waals surface area contributed by atoms with Crippen LogP contribution in [0.4, 0.5) is 0 Å². The van der Waals surface area contributed by atoms with Gasteiger partial charge in [-0.25, -0.2) is 4.98 Å². The molecule has 2 aromatic heterocycles. The predicted molar refractivity (Wildman–Crippen MR) is 94.0 cm³/mol. The summed E-state index contributed by atoms with van der Waals surface area (Å²) in [6.45, 7) is 4.81. The molecule has 2 aliphatic rings. The molecule has 1 aliphatic carbocycles. The van der Waals surface area contributed by atoms with E-state index in [0.717, 1.165) is 47.4 Å². The van der Waals surface area contributed by atoms with E-state index in [4.69, 9.17) is 0 Å². The van der Waals surface area contributed by atoms with Gasteiger partial charge >= 0.3 is 0 Å². The minimum atomic E-state index is 0.177. The first-order valence-electron chi connectivity index (χ1n) is 9.18. The van der Waals surface area contributed by atoms with Crippen molar-refractivity contribution in [2.75, 3.05) is 6.54 Å². The lowest BCUT2D eigenvalue weighted by Crippen LogP contribution is -2.39. The highest BCUT2D eigenvalue weighted by molar-refractivity contribution is 6.06. The van der Waals surface area contributed by atoms with E-state index in [2.05, 4.69) is 15.0 Å². The van der Waals surface area contributed by atoms with Crippen LogP contribution in [0.15, 0.2) is 6.07 Å². The van der Waals surface area contributed by atoms with E-state index in [1.165, 1.54) is 25.7 Å². The maximum Gasteiger partial charge on any atom is 0.254 e. The van der Waals surface area contributed by atoms with Gasteiger partial charge in [-0.3, -0.25) is 9.48 Å². The van der Waals surface area contributed by atoms with E-state index in [1.54, 1.807) is 4.68 Å². The van der Waals surface area contributed by atoms with Gasteiger partial charge in [0.25, 0.3) is 5.91 Å². The Balaban J connectivity index is 1.75. The fourth-order valence-corrected chi connectivity index (χ4v) is 4.77. The van der Waals surface area contributed by atoms with Crippen LogP contribution < -0.4 is 0 Å². The molecule has 1 aliphatic heterocycles. The maximum atomic E-state index is 13.4. The van der Waals surface area contributed by atoms with Crippen LogP contribution in [0, 0.1) is 19.8 Å². The topological polar surface area (TPSA) is 51.0 Å². The van der Waals surface area contributed by atoms with Crippen LogP contribution in [0.2, 0.25) is 0 Å². The van der Waals surface area contributed by atoms with Crippen molar-refractivity contribution in [1.29, 1.82) is 0 Å². The molecule has 0 unspecified atom stereocenters. The first-order chi connectivity index (χ1) is 11.6. The van der Waals surface area contributed by atoms with Crippen molar-refractivity contribution in [3.05, 3.63) is 23.0 Å². The molecule has 5 heteroatoms. The fourth-order valence-electron chi connectivity index (χ4n) is 4.77. The quantitative estimate of drug-likeness (QED) is 0.850. The van der Waals surface area contributed by atoms with Crippen molar-refractivity contribution in [3.63, 3.8) is 0 Å². The van der Waals surface area contributed by atoms with Gasteiger partial charge in [-0.15, -0.1) is 0 Å². The molecule has 0 N–H and O–H groups in total. The minimum absolute atomic E-state index is 0.177. The first-order valence-corrected chi connectivity index (χ1v) is 9.18. The number of aromatic nitrogens is 3. The van der Waals surface area contributed by atoms with Gasteiger partial charge in [0.2, 0.25) is 0 Å². The molecule has 2 aromatic rings. The van der Waals surface area contributed by atoms with E-state index in [9.17, 15) is 4.79 Å². The molecule has 2 fully saturated rings. The fraction of sp³-hybridized carbons (Fsp3) is 0.632. The monoisotopic (exact) mass is 326 g/mol. The number of amides is 1. The van der Waals surface area contributed by atoms with Gasteiger partial charge in [0.1, 0.15) is 0 Å². The molecule has 1 saturated heterocycles. The molecule has 1 atom stereocenters. The summed E-state index contributed by atoms with van der Waals surface area (Å²) in [4.78, 5) is 20.1. The standard InChI is InChI=1S/C19H26N4O/c1-12-11-15(17-13(2)21-22(3)18(17)20-12)19(24)23-10-6-9-16(23)14-7-4-5-8-14/h11,14,16H,4-10H2,1-3H3/t16-/m1/s1. The summed E-state index contributed by atoms with van der Waals surface area (Å²) >= 11 is 0. The van der Waals surface area contributed by atoms with Gasteiger partial charge in [-0.2, -0.15) is 5.10 Å². The molecule has 0 spiro atoms. The zero-order valence-electron chi connectivity index (χ0n) is 14.9. The van der Waals surface area contributed by atoms with Gasteiger partial charge < -0.3 is 4.90 Å². The Hall–Kier alpha value is -1.91. The number of carbonyl (C=O) groups is 1. The highest BCUT2D eigenvalue weighted by Crippen LogP contribution is 2.36. The Morgan fingerprint density at radius 1 is 1.17 bits per heavy atom. The van der Waals surface area contributed by atoms with Crippen LogP contribution in [0.25, 0.3) is 11.0 Å². The molecular formula is C19H26N4O. The second-order valence-electron chi connectivity index (χ2n) is 7.47. The highest BCUT2D eigenvalue weighted by atomic mass is 16.2. The van der Waals surface area contributed by atoms with Crippen molar-refractivity contribution in [2.45, 2.75) is 58.4 Å². The third kappa shape index (κ3) is 2.41. The number of hydrogen-bond donors (Lipinski definition) is 0. The van der Waals surface area contributed by atoms with Crippen molar-refractivity contribution in [3.8, 4) is 0 Å². The lowest BCUT2D eigenvalue weighted by molar-refractivity contribution is 0.0691. The number of fused-ring (bicyclic) bond motifs is 1. The third-order valence-electron chi connectivity index (χ3n) is 5.83. The lowest BCUT2D eigenvalue weighted by atomic mass is 9.95. The van der Waals surface area contributed by atoms with Crippen LogP contribution in [0.1, 0.15) is 60.3 Å². The third-order valence-corrected chi connectivity index (χ3v) is 5.83. The molecule has 1 saturated carbocycles.